The first kappa shape index (κ1) is 14.6. The van der Waals surface area contributed by atoms with Crippen LogP contribution in [-0.2, 0) is 0 Å². The zero-order chi connectivity index (χ0) is 14.4. The van der Waals surface area contributed by atoms with Gasteiger partial charge in [-0.2, -0.15) is 0 Å². The largest absolute Gasteiger partial charge is 0.490 e. The summed E-state index contributed by atoms with van der Waals surface area (Å²) < 4.78 is 6.38. The van der Waals surface area contributed by atoms with Gasteiger partial charge in [-0.05, 0) is 59.0 Å². The SMILES string of the molecule is C=CCOc1ccc(C(=O)Nc2ccccc2I)cc1. The third kappa shape index (κ3) is 3.84. The molecule has 0 aliphatic carbocycles. The van der Waals surface area contributed by atoms with E-state index in [0.717, 1.165) is 15.0 Å². The molecule has 1 N–H and O–H groups in total. The van der Waals surface area contributed by atoms with E-state index in [1.54, 1.807) is 30.3 Å². The number of hydrogen-bond acceptors (Lipinski definition) is 2. The molecule has 0 aliphatic rings. The summed E-state index contributed by atoms with van der Waals surface area (Å²) in [5.41, 5.74) is 1.40. The number of halogens is 1. The molecule has 20 heavy (non-hydrogen) atoms. The lowest BCUT2D eigenvalue weighted by molar-refractivity contribution is 0.102. The predicted molar refractivity (Wildman–Crippen MR) is 89.2 cm³/mol. The highest BCUT2D eigenvalue weighted by molar-refractivity contribution is 14.1. The lowest BCUT2D eigenvalue weighted by Crippen LogP contribution is -2.12. The van der Waals surface area contributed by atoms with E-state index in [0.29, 0.717) is 12.2 Å². The fourth-order valence-electron chi connectivity index (χ4n) is 1.61. The Morgan fingerprint density at radius 2 is 1.90 bits per heavy atom. The van der Waals surface area contributed by atoms with Gasteiger partial charge in [0, 0.05) is 9.13 Å². The number of carbonyl (C=O) groups is 1. The molecule has 0 heterocycles. The van der Waals surface area contributed by atoms with Gasteiger partial charge in [-0.25, -0.2) is 0 Å². The second kappa shape index (κ2) is 7.09. The monoisotopic (exact) mass is 379 g/mol. The molecular weight excluding hydrogens is 365 g/mol. The average molecular weight is 379 g/mol. The van der Waals surface area contributed by atoms with Crippen LogP contribution in [0.25, 0.3) is 0 Å². The molecule has 0 bridgehead atoms. The first-order valence-electron chi connectivity index (χ1n) is 6.10. The van der Waals surface area contributed by atoms with Gasteiger partial charge in [-0.3, -0.25) is 4.79 Å². The molecule has 2 aromatic rings. The van der Waals surface area contributed by atoms with Gasteiger partial charge in [-0.15, -0.1) is 0 Å². The van der Waals surface area contributed by atoms with Crippen LogP contribution in [0.1, 0.15) is 10.4 Å². The molecule has 2 aromatic carbocycles. The fraction of sp³-hybridized carbons (Fsp3) is 0.0625. The summed E-state index contributed by atoms with van der Waals surface area (Å²) in [5, 5.41) is 2.89. The van der Waals surface area contributed by atoms with E-state index < -0.39 is 0 Å². The smallest absolute Gasteiger partial charge is 0.255 e. The molecule has 0 saturated carbocycles. The zero-order valence-electron chi connectivity index (χ0n) is 10.8. The first-order chi connectivity index (χ1) is 9.70. The number of para-hydroxylation sites is 1. The van der Waals surface area contributed by atoms with Crippen LogP contribution in [0.5, 0.6) is 5.75 Å². The minimum Gasteiger partial charge on any atom is -0.490 e. The van der Waals surface area contributed by atoms with Crippen molar-refractivity contribution in [1.82, 2.24) is 0 Å². The maximum absolute atomic E-state index is 12.1. The third-order valence-corrected chi connectivity index (χ3v) is 3.55. The second-order valence-electron chi connectivity index (χ2n) is 4.06. The van der Waals surface area contributed by atoms with Gasteiger partial charge in [0.05, 0.1) is 5.69 Å². The molecule has 0 saturated heterocycles. The normalized spacial score (nSPS) is 9.85. The third-order valence-electron chi connectivity index (χ3n) is 2.61. The molecule has 0 aromatic heterocycles. The fourth-order valence-corrected chi connectivity index (χ4v) is 2.14. The molecule has 0 radical (unpaired) electrons. The highest BCUT2D eigenvalue weighted by Gasteiger charge is 2.07. The van der Waals surface area contributed by atoms with Crippen molar-refractivity contribution in [3.05, 3.63) is 70.3 Å². The molecule has 1 amide bonds. The van der Waals surface area contributed by atoms with E-state index in [-0.39, 0.29) is 5.91 Å². The zero-order valence-corrected chi connectivity index (χ0v) is 13.0. The molecule has 0 fully saturated rings. The Morgan fingerprint density at radius 1 is 1.20 bits per heavy atom. The molecule has 0 atom stereocenters. The van der Waals surface area contributed by atoms with Crippen molar-refractivity contribution in [1.29, 1.82) is 0 Å². The van der Waals surface area contributed by atoms with Crippen molar-refractivity contribution >= 4 is 34.2 Å². The Hall–Kier alpha value is -1.82. The van der Waals surface area contributed by atoms with Gasteiger partial charge in [0.15, 0.2) is 0 Å². The van der Waals surface area contributed by atoms with E-state index in [2.05, 4.69) is 34.5 Å². The first-order valence-corrected chi connectivity index (χ1v) is 7.18. The van der Waals surface area contributed by atoms with Crippen LogP contribution >= 0.6 is 22.6 Å². The molecule has 2 rings (SSSR count). The quantitative estimate of drug-likeness (QED) is 0.627. The molecule has 0 aliphatic heterocycles. The van der Waals surface area contributed by atoms with Gasteiger partial charge in [0.25, 0.3) is 5.91 Å². The number of benzene rings is 2. The summed E-state index contributed by atoms with van der Waals surface area (Å²) in [4.78, 5) is 12.1. The summed E-state index contributed by atoms with van der Waals surface area (Å²) in [6.45, 7) is 4.04. The summed E-state index contributed by atoms with van der Waals surface area (Å²) in [6, 6.07) is 14.7. The molecular formula is C16H14INO2. The van der Waals surface area contributed by atoms with Crippen LogP contribution in [0.3, 0.4) is 0 Å². The Bertz CT molecular complexity index is 608. The van der Waals surface area contributed by atoms with Crippen molar-refractivity contribution in [2.24, 2.45) is 0 Å². The number of rotatable bonds is 5. The molecule has 0 spiro atoms. The molecule has 4 heteroatoms. The molecule has 102 valence electrons. The topological polar surface area (TPSA) is 38.3 Å². The number of carbonyl (C=O) groups excluding carboxylic acids is 1. The van der Waals surface area contributed by atoms with E-state index in [1.807, 2.05) is 24.3 Å². The number of amides is 1. The van der Waals surface area contributed by atoms with Crippen LogP contribution in [0.2, 0.25) is 0 Å². The number of nitrogens with one attached hydrogen (secondary N) is 1. The number of ether oxygens (including phenoxy) is 1. The summed E-state index contributed by atoms with van der Waals surface area (Å²) in [6.07, 6.45) is 1.68. The Labute approximate surface area is 131 Å². The second-order valence-corrected chi connectivity index (χ2v) is 5.22. The summed E-state index contributed by atoms with van der Waals surface area (Å²) in [7, 11) is 0. The summed E-state index contributed by atoms with van der Waals surface area (Å²) >= 11 is 2.19. The standard InChI is InChI=1S/C16H14INO2/c1-2-11-20-13-9-7-12(8-10-13)16(19)18-15-6-4-3-5-14(15)17/h2-10H,1,11H2,(H,18,19). The van der Waals surface area contributed by atoms with Gasteiger partial charge in [-0.1, -0.05) is 24.8 Å². The lowest BCUT2D eigenvalue weighted by atomic mass is 10.2. The van der Waals surface area contributed by atoms with Gasteiger partial charge in [0.1, 0.15) is 12.4 Å². The molecule has 0 unspecified atom stereocenters. The summed E-state index contributed by atoms with van der Waals surface area (Å²) in [5.74, 6) is 0.583. The van der Waals surface area contributed by atoms with E-state index in [4.69, 9.17) is 4.74 Å². The van der Waals surface area contributed by atoms with Crippen LogP contribution < -0.4 is 10.1 Å². The predicted octanol–water partition coefficient (Wildman–Crippen LogP) is 4.11. The molecule has 3 nitrogen and oxygen atoms in total. The lowest BCUT2D eigenvalue weighted by Gasteiger charge is -2.08. The van der Waals surface area contributed by atoms with Gasteiger partial charge >= 0.3 is 0 Å². The maximum Gasteiger partial charge on any atom is 0.255 e. The Kier molecular flexibility index (Phi) is 5.17. The van der Waals surface area contributed by atoms with Crippen LogP contribution in [0.4, 0.5) is 5.69 Å². The van der Waals surface area contributed by atoms with Crippen LogP contribution in [-0.4, -0.2) is 12.5 Å². The van der Waals surface area contributed by atoms with Crippen molar-refractivity contribution in [2.75, 3.05) is 11.9 Å². The minimum absolute atomic E-state index is 0.135. The van der Waals surface area contributed by atoms with Crippen molar-refractivity contribution in [3.8, 4) is 5.75 Å². The van der Waals surface area contributed by atoms with Crippen molar-refractivity contribution in [3.63, 3.8) is 0 Å². The van der Waals surface area contributed by atoms with Gasteiger partial charge in [0.2, 0.25) is 0 Å². The number of hydrogen-bond donors (Lipinski definition) is 1. The Morgan fingerprint density at radius 3 is 2.55 bits per heavy atom. The Balaban J connectivity index is 2.06. The van der Waals surface area contributed by atoms with E-state index >= 15 is 0 Å². The van der Waals surface area contributed by atoms with Crippen LogP contribution in [0.15, 0.2) is 61.2 Å². The maximum atomic E-state index is 12.1. The van der Waals surface area contributed by atoms with Crippen molar-refractivity contribution < 1.29 is 9.53 Å². The van der Waals surface area contributed by atoms with Crippen molar-refractivity contribution in [2.45, 2.75) is 0 Å². The highest BCUT2D eigenvalue weighted by atomic mass is 127. The van der Waals surface area contributed by atoms with E-state index in [1.165, 1.54) is 0 Å². The van der Waals surface area contributed by atoms with E-state index in [9.17, 15) is 4.79 Å². The highest BCUT2D eigenvalue weighted by Crippen LogP contribution is 2.19. The minimum atomic E-state index is -0.135. The number of anilines is 1. The van der Waals surface area contributed by atoms with Crippen LogP contribution in [0, 0.1) is 3.57 Å². The van der Waals surface area contributed by atoms with Gasteiger partial charge < -0.3 is 10.1 Å². The average Bonchev–Trinajstić information content (AvgIpc) is 2.48.